The topological polar surface area (TPSA) is 72.9 Å². The summed E-state index contributed by atoms with van der Waals surface area (Å²) in [6.07, 6.45) is 5.85. The maximum atomic E-state index is 13.1. The van der Waals surface area contributed by atoms with Gasteiger partial charge in [0.25, 0.3) is 0 Å². The zero-order chi connectivity index (χ0) is 22.0. The lowest BCUT2D eigenvalue weighted by Crippen LogP contribution is -2.39. The highest BCUT2D eigenvalue weighted by Crippen LogP contribution is 2.48. The molecule has 2 aromatic carbocycles. The Morgan fingerprint density at radius 2 is 1.65 bits per heavy atom. The van der Waals surface area contributed by atoms with E-state index in [0.29, 0.717) is 35.1 Å². The third kappa shape index (κ3) is 4.10. The molecule has 6 heteroatoms. The van der Waals surface area contributed by atoms with Crippen LogP contribution in [-0.4, -0.2) is 31.8 Å². The second-order valence-electron chi connectivity index (χ2n) is 8.08. The number of carbonyl (C=O) groups excluding carboxylic acids is 3. The highest BCUT2D eigenvalue weighted by atomic mass is 16.5. The van der Waals surface area contributed by atoms with Crippen molar-refractivity contribution >= 4 is 23.8 Å². The lowest BCUT2D eigenvalue weighted by molar-refractivity contribution is -0.126. The summed E-state index contributed by atoms with van der Waals surface area (Å²) < 4.78 is 10.7. The summed E-state index contributed by atoms with van der Waals surface area (Å²) in [7, 11) is 1.57. The van der Waals surface area contributed by atoms with Crippen LogP contribution >= 0.6 is 0 Å². The summed E-state index contributed by atoms with van der Waals surface area (Å²) in [5, 5.41) is 0. The van der Waals surface area contributed by atoms with E-state index in [9.17, 15) is 14.4 Å². The molecule has 4 unspecified atom stereocenters. The van der Waals surface area contributed by atoms with Crippen LogP contribution in [0.2, 0.25) is 0 Å². The van der Waals surface area contributed by atoms with E-state index in [-0.39, 0.29) is 36.1 Å². The van der Waals surface area contributed by atoms with E-state index in [4.69, 9.17) is 9.47 Å². The average Bonchev–Trinajstić information content (AvgIpc) is 3.40. The second kappa shape index (κ2) is 8.76. The molecule has 0 spiro atoms. The van der Waals surface area contributed by atoms with Gasteiger partial charge in [0, 0.05) is 11.5 Å². The molecule has 0 aliphatic heterocycles. The third-order valence-corrected chi connectivity index (χ3v) is 6.38. The van der Waals surface area contributed by atoms with Gasteiger partial charge in [0.05, 0.1) is 12.8 Å². The van der Waals surface area contributed by atoms with Gasteiger partial charge >= 0.3 is 0 Å². The monoisotopic (exact) mass is 419 g/mol. The molecule has 0 heterocycles. The van der Waals surface area contributed by atoms with Crippen LogP contribution in [0.5, 0.6) is 11.5 Å². The molecule has 2 aromatic rings. The molecule has 4 atom stereocenters. The number of hydrogen-bond acceptors (Lipinski definition) is 5. The van der Waals surface area contributed by atoms with Gasteiger partial charge in [-0.25, -0.2) is 0 Å². The maximum absolute atomic E-state index is 13.1. The number of rotatable bonds is 8. The Labute approximate surface area is 181 Å². The summed E-state index contributed by atoms with van der Waals surface area (Å²) in [5.41, 5.74) is 1.02. The molecule has 31 heavy (non-hydrogen) atoms. The molecule has 0 N–H and O–H groups in total. The van der Waals surface area contributed by atoms with Crippen molar-refractivity contribution in [1.29, 1.82) is 0 Å². The summed E-state index contributed by atoms with van der Waals surface area (Å²) >= 11 is 0. The van der Waals surface area contributed by atoms with Gasteiger partial charge in [0.15, 0.2) is 12.4 Å². The fourth-order valence-electron chi connectivity index (χ4n) is 4.59. The molecule has 6 nitrogen and oxygen atoms in total. The van der Waals surface area contributed by atoms with Crippen LogP contribution in [0, 0.1) is 23.7 Å². The van der Waals surface area contributed by atoms with Gasteiger partial charge in [0.1, 0.15) is 11.5 Å². The molecule has 2 bridgehead atoms. The van der Waals surface area contributed by atoms with Crippen molar-refractivity contribution in [2.24, 2.45) is 23.7 Å². The Hall–Kier alpha value is -3.41. The number of fused-ring (bicyclic) bond motifs is 2. The fraction of sp³-hybridized carbons (Fsp3) is 0.320. The summed E-state index contributed by atoms with van der Waals surface area (Å²) in [6.45, 7) is 1.97. The van der Waals surface area contributed by atoms with Crippen LogP contribution in [0.4, 0.5) is 5.69 Å². The number of amides is 2. The number of ketones is 1. The Morgan fingerprint density at radius 1 is 1.00 bits per heavy atom. The molecule has 2 amide bonds. The minimum Gasteiger partial charge on any atom is -0.497 e. The molecule has 1 saturated carbocycles. The molecule has 1 fully saturated rings. The summed E-state index contributed by atoms with van der Waals surface area (Å²) in [6, 6.07) is 13.5. The highest BCUT2D eigenvalue weighted by Gasteiger charge is 2.47. The molecule has 0 radical (unpaired) electrons. The smallest absolute Gasteiger partial charge is 0.237 e. The number of methoxy groups -OCH3 is 1. The summed E-state index contributed by atoms with van der Waals surface area (Å²) in [5.74, 6) is 1.54. The first-order chi connectivity index (χ1) is 15.0. The SMILES string of the molecule is COc1ccc(C(=O)COc2ccc(N(C=O)C(=O)C3C4C=CC(C4)C3C)cc2)cc1. The van der Waals surface area contributed by atoms with E-state index >= 15 is 0 Å². The molecular weight excluding hydrogens is 394 g/mol. The largest absolute Gasteiger partial charge is 0.497 e. The van der Waals surface area contributed by atoms with Crippen molar-refractivity contribution in [3.8, 4) is 11.5 Å². The van der Waals surface area contributed by atoms with Crippen molar-refractivity contribution in [3.63, 3.8) is 0 Å². The van der Waals surface area contributed by atoms with E-state index in [1.807, 2.05) is 0 Å². The predicted octanol–water partition coefficient (Wildman–Crippen LogP) is 3.90. The molecule has 4 rings (SSSR count). The maximum Gasteiger partial charge on any atom is 0.237 e. The first-order valence-electron chi connectivity index (χ1n) is 10.4. The van der Waals surface area contributed by atoms with Crippen LogP contribution in [0.3, 0.4) is 0 Å². The number of nitrogens with zero attached hydrogens (tertiary/aromatic N) is 1. The number of anilines is 1. The minimum absolute atomic E-state index is 0.114. The first-order valence-corrected chi connectivity index (χ1v) is 10.4. The van der Waals surface area contributed by atoms with Gasteiger partial charge in [0.2, 0.25) is 12.3 Å². The number of hydrogen-bond donors (Lipinski definition) is 0. The third-order valence-electron chi connectivity index (χ3n) is 6.38. The van der Waals surface area contributed by atoms with Crippen molar-refractivity contribution in [2.45, 2.75) is 13.3 Å². The zero-order valence-electron chi connectivity index (χ0n) is 17.6. The van der Waals surface area contributed by atoms with Crippen LogP contribution in [-0.2, 0) is 9.59 Å². The van der Waals surface area contributed by atoms with Crippen molar-refractivity contribution in [1.82, 2.24) is 0 Å². The number of carbonyl (C=O) groups is 3. The first kappa shape index (κ1) is 20.8. The van der Waals surface area contributed by atoms with Crippen molar-refractivity contribution < 1.29 is 23.9 Å². The van der Waals surface area contributed by atoms with Gasteiger partial charge in [-0.3, -0.25) is 19.3 Å². The quantitative estimate of drug-likeness (QED) is 0.369. The Bertz CT molecular complexity index is 996. The van der Waals surface area contributed by atoms with Gasteiger partial charge in [-0.1, -0.05) is 19.1 Å². The lowest BCUT2D eigenvalue weighted by Gasteiger charge is -2.27. The van der Waals surface area contributed by atoms with Crippen LogP contribution in [0.1, 0.15) is 23.7 Å². The van der Waals surface area contributed by atoms with Crippen LogP contribution in [0.15, 0.2) is 60.7 Å². The van der Waals surface area contributed by atoms with Gasteiger partial charge < -0.3 is 9.47 Å². The predicted molar refractivity (Wildman–Crippen MR) is 116 cm³/mol. The number of allylic oxidation sites excluding steroid dienone is 2. The number of ether oxygens (including phenoxy) is 2. The number of Topliss-reactive ketones (excluding diaryl/α,β-unsaturated/α-hetero) is 1. The molecule has 0 saturated heterocycles. The number of imide groups is 1. The fourth-order valence-corrected chi connectivity index (χ4v) is 4.59. The van der Waals surface area contributed by atoms with Crippen molar-refractivity contribution in [2.75, 3.05) is 18.6 Å². The van der Waals surface area contributed by atoms with E-state index in [1.54, 1.807) is 55.6 Å². The molecular formula is C25H25NO5. The molecule has 0 aromatic heterocycles. The zero-order valence-corrected chi connectivity index (χ0v) is 17.6. The average molecular weight is 419 g/mol. The molecule has 2 aliphatic carbocycles. The van der Waals surface area contributed by atoms with E-state index in [2.05, 4.69) is 19.1 Å². The van der Waals surface area contributed by atoms with Gasteiger partial charge in [-0.15, -0.1) is 0 Å². The second-order valence-corrected chi connectivity index (χ2v) is 8.08. The number of benzene rings is 2. The molecule has 160 valence electrons. The van der Waals surface area contributed by atoms with Crippen molar-refractivity contribution in [3.05, 3.63) is 66.2 Å². The lowest BCUT2D eigenvalue weighted by atomic mass is 9.83. The molecule has 2 aliphatic rings. The minimum atomic E-state index is -0.168. The normalized spacial score (nSPS) is 23.4. The highest BCUT2D eigenvalue weighted by molar-refractivity contribution is 6.08. The van der Waals surface area contributed by atoms with E-state index < -0.39 is 0 Å². The Balaban J connectivity index is 1.38. The van der Waals surface area contributed by atoms with Gasteiger partial charge in [-0.2, -0.15) is 0 Å². The standard InChI is InChI=1S/C25H25NO5/c1-16-18-3-4-19(13-18)24(16)25(29)26(15-27)20-7-11-22(12-8-20)31-14-23(28)17-5-9-21(30-2)10-6-17/h3-12,15-16,18-19,24H,13-14H2,1-2H3. The summed E-state index contributed by atoms with van der Waals surface area (Å²) in [4.78, 5) is 38.3. The van der Waals surface area contributed by atoms with Crippen LogP contribution < -0.4 is 14.4 Å². The Kier molecular flexibility index (Phi) is 5.89. The van der Waals surface area contributed by atoms with E-state index in [0.717, 1.165) is 6.42 Å². The van der Waals surface area contributed by atoms with Crippen LogP contribution in [0.25, 0.3) is 0 Å². The Morgan fingerprint density at radius 3 is 2.23 bits per heavy atom. The van der Waals surface area contributed by atoms with Gasteiger partial charge in [-0.05, 0) is 72.7 Å². The van der Waals surface area contributed by atoms with E-state index in [1.165, 1.54) is 4.90 Å².